The maximum Gasteiger partial charge on any atom is 0.160 e. The van der Waals surface area contributed by atoms with Gasteiger partial charge >= 0.3 is 0 Å². The predicted octanol–water partition coefficient (Wildman–Crippen LogP) is 13.3. The summed E-state index contributed by atoms with van der Waals surface area (Å²) in [6.07, 6.45) is 0. The molecule has 1 aliphatic heterocycles. The number of aromatic nitrogens is 2. The maximum atomic E-state index is 7.09. The summed E-state index contributed by atoms with van der Waals surface area (Å²) in [6, 6.07) is 72.9. The summed E-state index contributed by atoms with van der Waals surface area (Å²) in [5.41, 5.74) is 15.8. The molecule has 0 saturated carbocycles. The van der Waals surface area contributed by atoms with E-state index in [0.29, 0.717) is 5.82 Å². The Hall–Kier alpha value is -7.36. The lowest BCUT2D eigenvalue weighted by atomic mass is 9.65. The quantitative estimate of drug-likeness (QED) is 0.178. The molecule has 1 spiro atoms. The first-order valence-corrected chi connectivity index (χ1v) is 19.1. The average molecular weight is 715 g/mol. The molecule has 0 unspecified atom stereocenters. The van der Waals surface area contributed by atoms with Gasteiger partial charge in [0, 0.05) is 33.4 Å². The molecule has 11 rings (SSSR count). The highest BCUT2D eigenvalue weighted by atomic mass is 16.5. The molecule has 0 radical (unpaired) electrons. The van der Waals surface area contributed by atoms with E-state index in [2.05, 4.69) is 188 Å². The lowest BCUT2D eigenvalue weighted by molar-refractivity contribution is 0.438. The summed E-state index contributed by atoms with van der Waals surface area (Å²) < 4.78 is 7.09. The number of ether oxygens (including phenoxy) is 1. The van der Waals surface area contributed by atoms with Crippen molar-refractivity contribution in [2.24, 2.45) is 0 Å². The third kappa shape index (κ3) is 4.84. The highest BCUT2D eigenvalue weighted by Crippen LogP contribution is 2.63. The van der Waals surface area contributed by atoms with Crippen molar-refractivity contribution in [1.82, 2.24) is 9.97 Å². The van der Waals surface area contributed by atoms with Gasteiger partial charge in [-0.3, -0.25) is 0 Å². The van der Waals surface area contributed by atoms with E-state index in [1.807, 2.05) is 18.2 Å². The monoisotopic (exact) mass is 714 g/mol. The highest BCUT2D eigenvalue weighted by molar-refractivity contribution is 5.93. The number of benzene rings is 8. The van der Waals surface area contributed by atoms with Crippen LogP contribution in [0.3, 0.4) is 0 Å². The van der Waals surface area contributed by atoms with Crippen molar-refractivity contribution in [1.29, 1.82) is 0 Å². The second-order valence-electron chi connectivity index (χ2n) is 14.4. The van der Waals surface area contributed by atoms with Gasteiger partial charge in [-0.1, -0.05) is 194 Å². The van der Waals surface area contributed by atoms with Gasteiger partial charge in [-0.05, 0) is 51.1 Å². The van der Waals surface area contributed by atoms with Crippen molar-refractivity contribution in [2.45, 2.75) is 5.41 Å². The van der Waals surface area contributed by atoms with Crippen molar-refractivity contribution in [3.05, 3.63) is 229 Å². The number of hydrogen-bond acceptors (Lipinski definition) is 3. The minimum atomic E-state index is -0.550. The molecular formula is C53H34N2O. The van der Waals surface area contributed by atoms with Gasteiger partial charge in [-0.25, -0.2) is 9.97 Å². The molecule has 0 N–H and O–H groups in total. The molecule has 1 aromatic heterocycles. The standard InChI is InChI=1S/C53H34N2O/c1-3-18-35(19-4-1)37-22-7-9-26-41(37)48-34-49(55-52(54-48)36-20-5-2-6-21-36)42-27-10-8-23-38(42)43-28-17-32-47-51(43)56-50-33-16-15-31-46(50)53(47)44-29-13-11-24-39(44)40-25-12-14-30-45(40)53/h1-34H. The van der Waals surface area contributed by atoms with Gasteiger partial charge in [0.15, 0.2) is 5.82 Å². The van der Waals surface area contributed by atoms with Crippen LogP contribution in [0.1, 0.15) is 22.3 Å². The van der Waals surface area contributed by atoms with E-state index in [1.165, 1.54) is 22.3 Å². The number of rotatable bonds is 5. The summed E-state index contributed by atoms with van der Waals surface area (Å²) in [5, 5.41) is 0. The number of hydrogen-bond donors (Lipinski definition) is 0. The van der Waals surface area contributed by atoms with Crippen LogP contribution < -0.4 is 4.74 Å². The second kappa shape index (κ2) is 12.9. The molecule has 0 bridgehead atoms. The van der Waals surface area contributed by atoms with E-state index in [9.17, 15) is 0 Å². The van der Waals surface area contributed by atoms with Crippen LogP contribution in [0.2, 0.25) is 0 Å². The van der Waals surface area contributed by atoms with Crippen LogP contribution in [0.15, 0.2) is 206 Å². The molecule has 0 atom stereocenters. The Balaban J connectivity index is 1.16. The Bertz CT molecular complexity index is 2910. The molecule has 262 valence electrons. The Morgan fingerprint density at radius 3 is 1.41 bits per heavy atom. The van der Waals surface area contributed by atoms with Gasteiger partial charge in [-0.2, -0.15) is 0 Å². The fraction of sp³-hybridized carbons (Fsp3) is 0.0189. The van der Waals surface area contributed by atoms with Crippen LogP contribution in [-0.2, 0) is 5.41 Å². The van der Waals surface area contributed by atoms with E-state index in [4.69, 9.17) is 14.7 Å². The summed E-state index contributed by atoms with van der Waals surface area (Å²) in [4.78, 5) is 10.6. The zero-order valence-corrected chi connectivity index (χ0v) is 30.4. The number of fused-ring (bicyclic) bond motifs is 9. The summed E-state index contributed by atoms with van der Waals surface area (Å²) in [5.74, 6) is 2.40. The van der Waals surface area contributed by atoms with Gasteiger partial charge < -0.3 is 4.74 Å². The lowest BCUT2D eigenvalue weighted by Gasteiger charge is -2.40. The number of nitrogens with zero attached hydrogens (tertiary/aromatic N) is 2. The van der Waals surface area contributed by atoms with E-state index in [1.54, 1.807) is 0 Å². The zero-order chi connectivity index (χ0) is 37.1. The molecule has 1 aliphatic carbocycles. The van der Waals surface area contributed by atoms with Crippen LogP contribution in [0.25, 0.3) is 67.3 Å². The van der Waals surface area contributed by atoms with Gasteiger partial charge in [0.25, 0.3) is 0 Å². The Labute approximate surface area is 326 Å². The molecule has 3 heteroatoms. The summed E-state index contributed by atoms with van der Waals surface area (Å²) in [7, 11) is 0. The van der Waals surface area contributed by atoms with Gasteiger partial charge in [0.05, 0.1) is 16.8 Å². The topological polar surface area (TPSA) is 35.0 Å². The van der Waals surface area contributed by atoms with Crippen molar-refractivity contribution < 1.29 is 4.74 Å². The molecule has 8 aromatic carbocycles. The molecule has 2 heterocycles. The third-order valence-corrected chi connectivity index (χ3v) is 11.4. The van der Waals surface area contributed by atoms with Crippen molar-refractivity contribution in [2.75, 3.05) is 0 Å². The average Bonchev–Trinajstić information content (AvgIpc) is 3.57. The van der Waals surface area contributed by atoms with Crippen molar-refractivity contribution in [3.8, 4) is 78.8 Å². The van der Waals surface area contributed by atoms with Crippen LogP contribution in [0, 0.1) is 0 Å². The SMILES string of the molecule is c1ccc(-c2nc(-c3ccccc3-c3ccccc3)cc(-c3ccccc3-c3cccc4c3Oc3ccccc3C43c4ccccc4-c4ccccc43)n2)cc1. The van der Waals surface area contributed by atoms with E-state index in [0.717, 1.165) is 73.0 Å². The largest absolute Gasteiger partial charge is 0.456 e. The molecule has 0 fully saturated rings. The smallest absolute Gasteiger partial charge is 0.160 e. The van der Waals surface area contributed by atoms with E-state index < -0.39 is 5.41 Å². The minimum Gasteiger partial charge on any atom is -0.456 e. The van der Waals surface area contributed by atoms with E-state index >= 15 is 0 Å². The molecule has 2 aliphatic rings. The normalized spacial score (nSPS) is 12.9. The van der Waals surface area contributed by atoms with Gasteiger partial charge in [0.1, 0.15) is 11.5 Å². The Morgan fingerprint density at radius 1 is 0.321 bits per heavy atom. The lowest BCUT2D eigenvalue weighted by Crippen LogP contribution is -2.32. The first-order valence-electron chi connectivity index (χ1n) is 19.1. The summed E-state index contributed by atoms with van der Waals surface area (Å²) >= 11 is 0. The summed E-state index contributed by atoms with van der Waals surface area (Å²) in [6.45, 7) is 0. The minimum absolute atomic E-state index is 0.550. The van der Waals surface area contributed by atoms with Gasteiger partial charge in [-0.15, -0.1) is 0 Å². The molecule has 0 amide bonds. The molecule has 0 saturated heterocycles. The number of para-hydroxylation sites is 2. The van der Waals surface area contributed by atoms with Crippen LogP contribution >= 0.6 is 0 Å². The highest BCUT2D eigenvalue weighted by Gasteiger charge is 2.51. The Kier molecular flexibility index (Phi) is 7.39. The van der Waals surface area contributed by atoms with Crippen molar-refractivity contribution >= 4 is 0 Å². The van der Waals surface area contributed by atoms with Crippen LogP contribution in [0.5, 0.6) is 11.5 Å². The molecule has 9 aromatic rings. The van der Waals surface area contributed by atoms with Crippen LogP contribution in [0.4, 0.5) is 0 Å². The first kappa shape index (κ1) is 32.1. The van der Waals surface area contributed by atoms with E-state index in [-0.39, 0.29) is 0 Å². The van der Waals surface area contributed by atoms with Crippen molar-refractivity contribution in [3.63, 3.8) is 0 Å². The molecule has 56 heavy (non-hydrogen) atoms. The third-order valence-electron chi connectivity index (χ3n) is 11.4. The second-order valence-corrected chi connectivity index (χ2v) is 14.4. The molecule has 3 nitrogen and oxygen atoms in total. The maximum absolute atomic E-state index is 7.09. The first-order chi connectivity index (χ1) is 27.8. The van der Waals surface area contributed by atoms with Crippen LogP contribution in [-0.4, -0.2) is 9.97 Å². The fourth-order valence-corrected chi connectivity index (χ4v) is 9.05. The zero-order valence-electron chi connectivity index (χ0n) is 30.4. The Morgan fingerprint density at radius 2 is 0.768 bits per heavy atom. The fourth-order valence-electron chi connectivity index (χ4n) is 9.05. The van der Waals surface area contributed by atoms with Gasteiger partial charge in [0.2, 0.25) is 0 Å². The predicted molar refractivity (Wildman–Crippen MR) is 227 cm³/mol. The molecular weight excluding hydrogens is 681 g/mol.